The topological polar surface area (TPSA) is 55.4 Å². The Morgan fingerprint density at radius 1 is 1.53 bits per heavy atom. The molecule has 0 bridgehead atoms. The van der Waals surface area contributed by atoms with Crippen LogP contribution in [0.15, 0.2) is 21.9 Å². The van der Waals surface area contributed by atoms with Crippen LogP contribution < -0.4 is 0 Å². The lowest BCUT2D eigenvalue weighted by Crippen LogP contribution is -1.90. The van der Waals surface area contributed by atoms with Crippen molar-refractivity contribution >= 4 is 49.6 Å². The van der Waals surface area contributed by atoms with Gasteiger partial charge in [-0.15, -0.1) is 5.10 Å². The average Bonchev–Trinajstić information content (AvgIpc) is 2.94. The Hall–Kier alpha value is -0.600. The Morgan fingerprint density at radius 2 is 2.47 bits per heavy atom. The van der Waals surface area contributed by atoms with Gasteiger partial charge in [0, 0.05) is 18.1 Å². The van der Waals surface area contributed by atoms with E-state index in [1.165, 1.54) is 0 Å². The first-order chi connectivity index (χ1) is 8.31. The zero-order valence-electron chi connectivity index (χ0n) is 8.71. The minimum atomic E-state index is 0.629. The van der Waals surface area contributed by atoms with Gasteiger partial charge in [0.2, 0.25) is 0 Å². The third-order valence-electron chi connectivity index (χ3n) is 2.09. The largest absolute Gasteiger partial charge is 0.271 e. The molecule has 0 amide bonds. The summed E-state index contributed by atoms with van der Waals surface area (Å²) in [4.78, 5) is 12.9. The fourth-order valence-electron chi connectivity index (χ4n) is 1.39. The highest BCUT2D eigenvalue weighted by Gasteiger charge is 2.10. The number of aromatic nitrogens is 4. The standard InChI is InChI=1S/C9H8BrN5S2/c10-6-3-12-8-13-7(14-15(8)4-6)5-17-9-11-1-2-16-9/h3-4H,1-2,5H2. The summed E-state index contributed by atoms with van der Waals surface area (Å²) < 4.78 is 3.71. The van der Waals surface area contributed by atoms with Gasteiger partial charge in [-0.05, 0) is 15.9 Å². The monoisotopic (exact) mass is 329 g/mol. The molecule has 3 rings (SSSR count). The fourth-order valence-corrected chi connectivity index (χ4v) is 3.55. The third kappa shape index (κ3) is 2.63. The molecule has 0 aliphatic carbocycles. The first-order valence-corrected chi connectivity index (χ1v) is 7.74. The van der Waals surface area contributed by atoms with Crippen LogP contribution >= 0.6 is 39.5 Å². The van der Waals surface area contributed by atoms with E-state index in [0.29, 0.717) is 5.78 Å². The lowest BCUT2D eigenvalue weighted by atomic mass is 10.7. The van der Waals surface area contributed by atoms with Gasteiger partial charge in [-0.2, -0.15) is 4.98 Å². The summed E-state index contributed by atoms with van der Waals surface area (Å²) in [6, 6.07) is 0. The van der Waals surface area contributed by atoms with Crippen molar-refractivity contribution in [1.82, 2.24) is 19.6 Å². The van der Waals surface area contributed by atoms with Gasteiger partial charge in [-0.1, -0.05) is 23.5 Å². The molecule has 0 unspecified atom stereocenters. The normalized spacial score (nSPS) is 15.5. The van der Waals surface area contributed by atoms with E-state index in [0.717, 1.165) is 32.7 Å². The maximum atomic E-state index is 4.38. The number of nitrogens with zero attached hydrogens (tertiary/aromatic N) is 5. The Labute approximate surface area is 115 Å². The molecule has 1 aliphatic heterocycles. The molecular formula is C9H8BrN5S2. The molecule has 8 heteroatoms. The second-order valence-corrected chi connectivity index (χ2v) is 6.55. The van der Waals surface area contributed by atoms with Gasteiger partial charge in [0.25, 0.3) is 5.78 Å². The molecular weight excluding hydrogens is 322 g/mol. The number of rotatable bonds is 2. The van der Waals surface area contributed by atoms with E-state index in [2.05, 4.69) is 36.0 Å². The smallest absolute Gasteiger partial charge is 0.252 e. The molecule has 0 aromatic carbocycles. The van der Waals surface area contributed by atoms with Crippen LogP contribution in [0.1, 0.15) is 5.82 Å². The summed E-state index contributed by atoms with van der Waals surface area (Å²) in [6.45, 7) is 0.931. The molecule has 0 radical (unpaired) electrons. The molecule has 88 valence electrons. The van der Waals surface area contributed by atoms with E-state index < -0.39 is 0 Å². The number of hydrogen-bond acceptors (Lipinski definition) is 6. The summed E-state index contributed by atoms with van der Waals surface area (Å²) in [5.41, 5.74) is 0. The van der Waals surface area contributed by atoms with Gasteiger partial charge in [-0.25, -0.2) is 9.50 Å². The highest BCUT2D eigenvalue weighted by atomic mass is 79.9. The van der Waals surface area contributed by atoms with E-state index in [9.17, 15) is 0 Å². The summed E-state index contributed by atoms with van der Waals surface area (Å²) in [7, 11) is 0. The lowest BCUT2D eigenvalue weighted by Gasteiger charge is -1.94. The maximum Gasteiger partial charge on any atom is 0.252 e. The molecule has 1 aliphatic rings. The number of halogens is 1. The predicted octanol–water partition coefficient (Wildman–Crippen LogP) is 2.22. The molecule has 0 atom stereocenters. The van der Waals surface area contributed by atoms with Crippen molar-refractivity contribution in [2.45, 2.75) is 5.75 Å². The van der Waals surface area contributed by atoms with Crippen LogP contribution in [0.5, 0.6) is 0 Å². The van der Waals surface area contributed by atoms with Crippen LogP contribution in [-0.4, -0.2) is 36.3 Å². The quantitative estimate of drug-likeness (QED) is 0.845. The van der Waals surface area contributed by atoms with Crippen LogP contribution in [0, 0.1) is 0 Å². The molecule has 3 heterocycles. The second kappa shape index (κ2) is 4.95. The third-order valence-corrected chi connectivity index (χ3v) is 4.75. The summed E-state index contributed by atoms with van der Waals surface area (Å²) in [5, 5.41) is 4.36. The molecule has 17 heavy (non-hydrogen) atoms. The summed E-state index contributed by atoms with van der Waals surface area (Å²) in [6.07, 6.45) is 3.57. The fraction of sp³-hybridized carbons (Fsp3) is 0.333. The zero-order valence-corrected chi connectivity index (χ0v) is 11.9. The summed E-state index contributed by atoms with van der Waals surface area (Å²) >= 11 is 6.85. The molecule has 0 spiro atoms. The second-order valence-electron chi connectivity index (χ2n) is 3.33. The van der Waals surface area contributed by atoms with Crippen molar-refractivity contribution < 1.29 is 0 Å². The lowest BCUT2D eigenvalue weighted by molar-refractivity contribution is 0.907. The highest BCUT2D eigenvalue weighted by molar-refractivity contribution is 9.10. The molecule has 5 nitrogen and oxygen atoms in total. The van der Waals surface area contributed by atoms with Crippen molar-refractivity contribution in [3.8, 4) is 0 Å². The van der Waals surface area contributed by atoms with Crippen LogP contribution in [0.2, 0.25) is 0 Å². The van der Waals surface area contributed by atoms with E-state index >= 15 is 0 Å². The van der Waals surface area contributed by atoms with Gasteiger partial charge in [0.05, 0.1) is 16.8 Å². The molecule has 0 saturated carbocycles. The van der Waals surface area contributed by atoms with Crippen LogP contribution in [0.3, 0.4) is 0 Å². The Kier molecular flexibility index (Phi) is 3.34. The van der Waals surface area contributed by atoms with Crippen molar-refractivity contribution in [1.29, 1.82) is 0 Å². The maximum absolute atomic E-state index is 4.38. The molecule has 2 aromatic rings. The van der Waals surface area contributed by atoms with Crippen molar-refractivity contribution in [2.24, 2.45) is 4.99 Å². The molecule has 2 aromatic heterocycles. The highest BCUT2D eigenvalue weighted by Crippen LogP contribution is 2.24. The first kappa shape index (κ1) is 11.5. The van der Waals surface area contributed by atoms with Gasteiger partial charge in [0.15, 0.2) is 5.82 Å². The molecule has 0 N–H and O–H groups in total. The number of aliphatic imine (C=N–C) groups is 1. The minimum Gasteiger partial charge on any atom is -0.271 e. The van der Waals surface area contributed by atoms with Crippen molar-refractivity contribution in [2.75, 3.05) is 12.3 Å². The van der Waals surface area contributed by atoms with Gasteiger partial charge in [0.1, 0.15) is 4.38 Å². The Balaban J connectivity index is 1.76. The molecule has 0 saturated heterocycles. The summed E-state index contributed by atoms with van der Waals surface area (Å²) in [5.74, 6) is 3.25. The van der Waals surface area contributed by atoms with Gasteiger partial charge in [-0.3, -0.25) is 4.99 Å². The van der Waals surface area contributed by atoms with Gasteiger partial charge >= 0.3 is 0 Å². The predicted molar refractivity (Wildman–Crippen MR) is 74.5 cm³/mol. The molecule has 0 fully saturated rings. The van der Waals surface area contributed by atoms with E-state index in [-0.39, 0.29) is 0 Å². The van der Waals surface area contributed by atoms with Crippen LogP contribution in [0.25, 0.3) is 5.78 Å². The van der Waals surface area contributed by atoms with Crippen LogP contribution in [0.4, 0.5) is 0 Å². The van der Waals surface area contributed by atoms with Crippen molar-refractivity contribution in [3.05, 3.63) is 22.7 Å². The van der Waals surface area contributed by atoms with Gasteiger partial charge < -0.3 is 0 Å². The Bertz CT molecular complexity index is 582. The van der Waals surface area contributed by atoms with E-state index in [4.69, 9.17) is 0 Å². The van der Waals surface area contributed by atoms with Crippen LogP contribution in [-0.2, 0) is 5.75 Å². The Morgan fingerprint density at radius 3 is 3.29 bits per heavy atom. The SMILES string of the molecule is Brc1cnc2nc(CSC3=NCCS3)nn2c1. The van der Waals surface area contributed by atoms with E-state index in [1.807, 2.05) is 6.20 Å². The first-order valence-electron chi connectivity index (χ1n) is 4.98. The average molecular weight is 330 g/mol. The zero-order chi connectivity index (χ0) is 11.7. The van der Waals surface area contributed by atoms with Crippen molar-refractivity contribution in [3.63, 3.8) is 0 Å². The number of hydrogen-bond donors (Lipinski definition) is 0. The number of fused-ring (bicyclic) bond motifs is 1. The van der Waals surface area contributed by atoms with E-state index in [1.54, 1.807) is 34.2 Å². The number of thioether (sulfide) groups is 2. The minimum absolute atomic E-state index is 0.629.